The summed E-state index contributed by atoms with van der Waals surface area (Å²) in [5, 5.41) is 0. The Morgan fingerprint density at radius 1 is 1.06 bits per heavy atom. The Bertz CT molecular complexity index is 520. The van der Waals surface area contributed by atoms with E-state index in [-0.39, 0.29) is 10.6 Å². The number of hydrogen-bond acceptors (Lipinski definition) is 2. The molecule has 0 saturated heterocycles. The van der Waals surface area contributed by atoms with Gasteiger partial charge in [-0.1, -0.05) is 46.3 Å². The molecule has 2 nitrogen and oxygen atoms in total. The number of rotatable bonds is 4. The predicted octanol–water partition coefficient (Wildman–Crippen LogP) is 4.01. The molecule has 0 aliphatic rings. The van der Waals surface area contributed by atoms with Crippen LogP contribution in [0.4, 0.5) is 0 Å². The van der Waals surface area contributed by atoms with Crippen molar-refractivity contribution in [1.29, 1.82) is 0 Å². The van der Waals surface area contributed by atoms with Gasteiger partial charge in [0, 0.05) is 5.56 Å². The van der Waals surface area contributed by atoms with Crippen LogP contribution in [-0.4, -0.2) is 12.9 Å². The second-order valence-corrected chi connectivity index (χ2v) is 4.78. The Balaban J connectivity index is 2.20. The first kappa shape index (κ1) is 12.8. The third-order valence-electron chi connectivity index (χ3n) is 2.70. The maximum absolute atomic E-state index is 12.3. The van der Waals surface area contributed by atoms with Crippen LogP contribution in [0.25, 0.3) is 0 Å². The molecule has 0 fully saturated rings. The molecule has 0 spiro atoms. The number of carbonyl (C=O) groups is 1. The summed E-state index contributed by atoms with van der Waals surface area (Å²) in [4.78, 5) is 11.9. The lowest BCUT2D eigenvalue weighted by Gasteiger charge is -2.09. The lowest BCUT2D eigenvalue weighted by molar-refractivity contribution is 0.0991. The minimum atomic E-state index is -0.313. The van der Waals surface area contributed by atoms with E-state index in [1.807, 2.05) is 30.3 Å². The molecule has 0 heterocycles. The van der Waals surface area contributed by atoms with Gasteiger partial charge in [-0.15, -0.1) is 0 Å². The molecule has 3 heteroatoms. The van der Waals surface area contributed by atoms with Crippen molar-refractivity contribution in [2.45, 2.75) is 4.83 Å². The van der Waals surface area contributed by atoms with Gasteiger partial charge >= 0.3 is 0 Å². The van der Waals surface area contributed by atoms with Gasteiger partial charge in [-0.2, -0.15) is 0 Å². The normalized spacial score (nSPS) is 11.9. The average Bonchev–Trinajstić information content (AvgIpc) is 2.47. The molecular formula is C15H13BrO2. The fraction of sp³-hybridized carbons (Fsp3) is 0.133. The Labute approximate surface area is 115 Å². The minimum Gasteiger partial charge on any atom is -0.497 e. The quantitative estimate of drug-likeness (QED) is 0.630. The van der Waals surface area contributed by atoms with Gasteiger partial charge in [-0.3, -0.25) is 4.79 Å². The van der Waals surface area contributed by atoms with Crippen LogP contribution in [0, 0.1) is 0 Å². The molecule has 0 saturated carbocycles. The van der Waals surface area contributed by atoms with E-state index in [0.717, 1.165) is 11.3 Å². The monoisotopic (exact) mass is 304 g/mol. The van der Waals surface area contributed by atoms with Crippen molar-refractivity contribution in [3.8, 4) is 5.75 Å². The smallest absolute Gasteiger partial charge is 0.180 e. The third-order valence-corrected chi connectivity index (χ3v) is 3.64. The summed E-state index contributed by atoms with van der Waals surface area (Å²) in [5.74, 6) is 0.793. The van der Waals surface area contributed by atoms with Gasteiger partial charge in [0.1, 0.15) is 10.6 Å². The van der Waals surface area contributed by atoms with Crippen molar-refractivity contribution in [2.75, 3.05) is 7.11 Å². The van der Waals surface area contributed by atoms with Gasteiger partial charge in [0.05, 0.1) is 7.11 Å². The molecule has 1 atom stereocenters. The molecule has 2 rings (SSSR count). The molecule has 0 amide bonds. The van der Waals surface area contributed by atoms with E-state index < -0.39 is 0 Å². The van der Waals surface area contributed by atoms with Gasteiger partial charge in [0.15, 0.2) is 5.78 Å². The number of halogens is 1. The molecule has 0 N–H and O–H groups in total. The van der Waals surface area contributed by atoms with Crippen LogP contribution in [0.1, 0.15) is 20.7 Å². The Morgan fingerprint density at radius 2 is 1.67 bits per heavy atom. The van der Waals surface area contributed by atoms with Crippen LogP contribution < -0.4 is 4.74 Å². The number of Topliss-reactive ketones (excluding diaryl/α,β-unsaturated/α-hetero) is 1. The Hall–Kier alpha value is -1.61. The Kier molecular flexibility index (Phi) is 4.15. The number of alkyl halides is 1. The van der Waals surface area contributed by atoms with Crippen LogP contribution in [0.2, 0.25) is 0 Å². The zero-order valence-corrected chi connectivity index (χ0v) is 11.6. The van der Waals surface area contributed by atoms with Gasteiger partial charge < -0.3 is 4.74 Å². The first-order chi connectivity index (χ1) is 8.72. The van der Waals surface area contributed by atoms with Crippen molar-refractivity contribution in [1.82, 2.24) is 0 Å². The summed E-state index contributed by atoms with van der Waals surface area (Å²) in [6, 6.07) is 16.8. The number of benzene rings is 2. The molecule has 18 heavy (non-hydrogen) atoms. The highest BCUT2D eigenvalue weighted by Gasteiger charge is 2.18. The summed E-state index contributed by atoms with van der Waals surface area (Å²) in [6.07, 6.45) is 0. The number of methoxy groups -OCH3 is 1. The summed E-state index contributed by atoms with van der Waals surface area (Å²) < 4.78 is 5.07. The van der Waals surface area contributed by atoms with Crippen molar-refractivity contribution in [3.05, 3.63) is 65.7 Å². The van der Waals surface area contributed by atoms with E-state index in [4.69, 9.17) is 4.74 Å². The SMILES string of the molecule is COc1ccc(C(=O)[C@H](Br)c2ccccc2)cc1. The molecule has 0 aliphatic carbocycles. The first-order valence-corrected chi connectivity index (χ1v) is 6.51. The fourth-order valence-electron chi connectivity index (χ4n) is 1.67. The first-order valence-electron chi connectivity index (χ1n) is 5.59. The van der Waals surface area contributed by atoms with Crippen molar-refractivity contribution >= 4 is 21.7 Å². The van der Waals surface area contributed by atoms with Gasteiger partial charge in [0.2, 0.25) is 0 Å². The van der Waals surface area contributed by atoms with E-state index in [1.54, 1.807) is 31.4 Å². The number of ketones is 1. The highest BCUT2D eigenvalue weighted by molar-refractivity contribution is 9.09. The molecule has 0 aliphatic heterocycles. The van der Waals surface area contributed by atoms with Crippen molar-refractivity contribution in [2.24, 2.45) is 0 Å². The number of hydrogen-bond donors (Lipinski definition) is 0. The second kappa shape index (κ2) is 5.83. The zero-order chi connectivity index (χ0) is 13.0. The maximum Gasteiger partial charge on any atom is 0.180 e. The topological polar surface area (TPSA) is 26.3 Å². The van der Waals surface area contributed by atoms with Gasteiger partial charge in [0.25, 0.3) is 0 Å². The third kappa shape index (κ3) is 2.79. The summed E-state index contributed by atoms with van der Waals surface area (Å²) in [6.45, 7) is 0. The molecule has 2 aromatic rings. The lowest BCUT2D eigenvalue weighted by Crippen LogP contribution is -2.06. The second-order valence-electron chi connectivity index (χ2n) is 3.87. The standard InChI is InChI=1S/C15H13BrO2/c1-18-13-9-7-12(8-10-13)15(17)14(16)11-5-3-2-4-6-11/h2-10,14H,1H3/t14-/m1/s1. The summed E-state index contributed by atoms with van der Waals surface area (Å²) >= 11 is 3.44. The summed E-state index contributed by atoms with van der Waals surface area (Å²) in [7, 11) is 1.61. The fourth-order valence-corrected chi connectivity index (χ4v) is 2.24. The van der Waals surface area contributed by atoms with Crippen LogP contribution in [0.15, 0.2) is 54.6 Å². The molecule has 92 valence electrons. The number of ether oxygens (including phenoxy) is 1. The van der Waals surface area contributed by atoms with Crippen LogP contribution >= 0.6 is 15.9 Å². The van der Waals surface area contributed by atoms with E-state index >= 15 is 0 Å². The summed E-state index contributed by atoms with van der Waals surface area (Å²) in [5.41, 5.74) is 1.62. The van der Waals surface area contributed by atoms with E-state index in [2.05, 4.69) is 15.9 Å². The predicted molar refractivity (Wildman–Crippen MR) is 75.4 cm³/mol. The van der Waals surface area contributed by atoms with Crippen molar-refractivity contribution in [3.63, 3.8) is 0 Å². The van der Waals surface area contributed by atoms with Gasteiger partial charge in [-0.05, 0) is 29.8 Å². The van der Waals surface area contributed by atoms with Crippen LogP contribution in [0.3, 0.4) is 0 Å². The highest BCUT2D eigenvalue weighted by Crippen LogP contribution is 2.27. The molecule has 0 unspecified atom stereocenters. The largest absolute Gasteiger partial charge is 0.497 e. The molecule has 2 aromatic carbocycles. The molecular weight excluding hydrogens is 292 g/mol. The van der Waals surface area contributed by atoms with Crippen LogP contribution in [0.5, 0.6) is 5.75 Å². The lowest BCUT2D eigenvalue weighted by atomic mass is 10.0. The molecule has 0 aromatic heterocycles. The van der Waals surface area contributed by atoms with Gasteiger partial charge in [-0.25, -0.2) is 0 Å². The number of carbonyl (C=O) groups excluding carboxylic acids is 1. The van der Waals surface area contributed by atoms with Crippen molar-refractivity contribution < 1.29 is 9.53 Å². The minimum absolute atomic E-state index is 0.0452. The average molecular weight is 305 g/mol. The van der Waals surface area contributed by atoms with E-state index in [9.17, 15) is 4.79 Å². The van der Waals surface area contributed by atoms with Crippen LogP contribution in [-0.2, 0) is 0 Å². The van der Waals surface area contributed by atoms with E-state index in [1.165, 1.54) is 0 Å². The Morgan fingerprint density at radius 3 is 2.22 bits per heavy atom. The zero-order valence-electron chi connectivity index (χ0n) is 9.97. The van der Waals surface area contributed by atoms with E-state index in [0.29, 0.717) is 5.56 Å². The molecule has 0 radical (unpaired) electrons. The molecule has 0 bridgehead atoms. The maximum atomic E-state index is 12.3. The highest BCUT2D eigenvalue weighted by atomic mass is 79.9.